The van der Waals surface area contributed by atoms with Crippen molar-refractivity contribution in [3.05, 3.63) is 62.6 Å². The van der Waals surface area contributed by atoms with Crippen molar-refractivity contribution in [3.8, 4) is 11.5 Å². The number of carbonyl (C=O) groups is 1. The highest BCUT2D eigenvalue weighted by atomic mass is 32.1. The second-order valence-corrected chi connectivity index (χ2v) is 8.32. The number of methoxy groups -OCH3 is 2. The van der Waals surface area contributed by atoms with Crippen molar-refractivity contribution in [2.24, 2.45) is 0 Å². The monoisotopic (exact) mass is 469 g/mol. The van der Waals surface area contributed by atoms with E-state index in [9.17, 15) is 9.59 Å². The number of amides is 1. The van der Waals surface area contributed by atoms with Crippen LogP contribution in [0.3, 0.4) is 0 Å². The van der Waals surface area contributed by atoms with Crippen LogP contribution in [-0.2, 0) is 17.7 Å². The van der Waals surface area contributed by atoms with Crippen molar-refractivity contribution in [1.29, 1.82) is 0 Å². The Balaban J connectivity index is 1.52. The Kier molecular flexibility index (Phi) is 7.10. The van der Waals surface area contributed by atoms with Crippen LogP contribution >= 0.6 is 12.2 Å². The zero-order chi connectivity index (χ0) is 23.4. The highest BCUT2D eigenvalue weighted by Gasteiger charge is 2.17. The maximum atomic E-state index is 13.1. The number of nitrogens with zero attached hydrogens (tertiary/aromatic N) is 1. The molecule has 4 rings (SSSR count). The lowest BCUT2D eigenvalue weighted by atomic mass is 10.1. The SMILES string of the molecule is COc1ccc(CCn2c(=S)[nH]c3cc(C(=O)NC[C@@H]4CCCO4)ccc3c2=O)cc1OC. The average molecular weight is 470 g/mol. The summed E-state index contributed by atoms with van der Waals surface area (Å²) >= 11 is 5.45. The summed E-state index contributed by atoms with van der Waals surface area (Å²) in [7, 11) is 3.17. The number of benzene rings is 2. The van der Waals surface area contributed by atoms with Crippen molar-refractivity contribution in [2.45, 2.75) is 31.9 Å². The van der Waals surface area contributed by atoms with Gasteiger partial charge in [0.1, 0.15) is 0 Å². The molecular weight excluding hydrogens is 442 g/mol. The van der Waals surface area contributed by atoms with Gasteiger partial charge in [0.05, 0.1) is 31.2 Å². The third-order valence-electron chi connectivity index (χ3n) is 5.83. The van der Waals surface area contributed by atoms with Gasteiger partial charge in [-0.2, -0.15) is 0 Å². The van der Waals surface area contributed by atoms with E-state index in [1.54, 1.807) is 32.4 Å². The number of hydrogen-bond donors (Lipinski definition) is 2. The van der Waals surface area contributed by atoms with Crippen molar-refractivity contribution in [1.82, 2.24) is 14.9 Å². The number of nitrogens with one attached hydrogen (secondary N) is 2. The van der Waals surface area contributed by atoms with Crippen LogP contribution in [0.5, 0.6) is 11.5 Å². The van der Waals surface area contributed by atoms with Crippen LogP contribution in [0.4, 0.5) is 0 Å². The Labute approximate surface area is 196 Å². The molecule has 1 aromatic heterocycles. The molecular formula is C24H27N3O5S. The molecule has 2 N–H and O–H groups in total. The number of carbonyl (C=O) groups excluding carboxylic acids is 1. The zero-order valence-electron chi connectivity index (χ0n) is 18.7. The molecule has 1 saturated heterocycles. The predicted molar refractivity (Wildman–Crippen MR) is 128 cm³/mol. The molecule has 9 heteroatoms. The van der Waals surface area contributed by atoms with Crippen LogP contribution in [0.15, 0.2) is 41.2 Å². The first-order valence-corrected chi connectivity index (χ1v) is 11.3. The molecule has 1 fully saturated rings. The third kappa shape index (κ3) is 5.09. The summed E-state index contributed by atoms with van der Waals surface area (Å²) in [4.78, 5) is 28.7. The Morgan fingerprint density at radius 2 is 2.03 bits per heavy atom. The topological polar surface area (TPSA) is 94.6 Å². The molecule has 0 spiro atoms. The second-order valence-electron chi connectivity index (χ2n) is 7.93. The third-order valence-corrected chi connectivity index (χ3v) is 6.15. The number of fused-ring (bicyclic) bond motifs is 1. The van der Waals surface area contributed by atoms with Gasteiger partial charge in [0, 0.05) is 25.3 Å². The lowest BCUT2D eigenvalue weighted by molar-refractivity contribution is 0.0858. The molecule has 1 aliphatic rings. The zero-order valence-corrected chi connectivity index (χ0v) is 19.5. The number of aromatic nitrogens is 2. The van der Waals surface area contributed by atoms with E-state index in [2.05, 4.69) is 10.3 Å². The van der Waals surface area contributed by atoms with Gasteiger partial charge in [-0.25, -0.2) is 0 Å². The molecule has 2 heterocycles. The summed E-state index contributed by atoms with van der Waals surface area (Å²) in [6, 6.07) is 10.6. The van der Waals surface area contributed by atoms with E-state index >= 15 is 0 Å². The number of ether oxygens (including phenoxy) is 3. The standard InChI is InChI=1S/C24H27N3O5S/c1-30-20-8-5-15(12-21(20)31-2)9-10-27-23(29)18-7-6-16(13-19(18)26-24(27)33)22(28)25-14-17-4-3-11-32-17/h5-8,12-13,17H,3-4,9-11,14H2,1-2H3,(H,25,28)(H,26,33)/t17-/m0/s1. The van der Waals surface area contributed by atoms with E-state index in [0.29, 0.717) is 52.2 Å². The van der Waals surface area contributed by atoms with E-state index in [-0.39, 0.29) is 17.6 Å². The van der Waals surface area contributed by atoms with E-state index in [4.69, 9.17) is 26.4 Å². The summed E-state index contributed by atoms with van der Waals surface area (Å²) in [5.74, 6) is 1.08. The predicted octanol–water partition coefficient (Wildman–Crippen LogP) is 3.23. The van der Waals surface area contributed by atoms with Crippen LogP contribution < -0.4 is 20.3 Å². The highest BCUT2D eigenvalue weighted by Crippen LogP contribution is 2.27. The fraction of sp³-hybridized carbons (Fsp3) is 0.375. The number of hydrogen-bond acceptors (Lipinski definition) is 6. The van der Waals surface area contributed by atoms with E-state index in [0.717, 1.165) is 25.0 Å². The maximum absolute atomic E-state index is 13.1. The lowest BCUT2D eigenvalue weighted by Crippen LogP contribution is -2.31. The van der Waals surface area contributed by atoms with Crippen LogP contribution in [-0.4, -0.2) is 48.9 Å². The minimum absolute atomic E-state index is 0.0677. The van der Waals surface area contributed by atoms with Gasteiger partial charge >= 0.3 is 0 Å². The van der Waals surface area contributed by atoms with Gasteiger partial charge in [0.2, 0.25) is 0 Å². The van der Waals surface area contributed by atoms with E-state index < -0.39 is 0 Å². The number of aromatic amines is 1. The molecule has 0 unspecified atom stereocenters. The van der Waals surface area contributed by atoms with Crippen molar-refractivity contribution >= 4 is 29.0 Å². The van der Waals surface area contributed by atoms with Crippen molar-refractivity contribution in [2.75, 3.05) is 27.4 Å². The number of H-pyrrole nitrogens is 1. The number of aryl methyl sites for hydroxylation is 1. The van der Waals surface area contributed by atoms with Gasteiger partial charge in [-0.05, 0) is 67.4 Å². The second kappa shape index (κ2) is 10.2. The first-order chi connectivity index (χ1) is 16.0. The molecule has 0 bridgehead atoms. The van der Waals surface area contributed by atoms with Crippen molar-refractivity contribution in [3.63, 3.8) is 0 Å². The summed E-state index contributed by atoms with van der Waals surface area (Å²) < 4.78 is 18.0. The van der Waals surface area contributed by atoms with Crippen LogP contribution in [0, 0.1) is 4.77 Å². The maximum Gasteiger partial charge on any atom is 0.262 e. The highest BCUT2D eigenvalue weighted by molar-refractivity contribution is 7.71. The summed E-state index contributed by atoms with van der Waals surface area (Å²) in [5.41, 5.74) is 1.80. The number of rotatable bonds is 8. The minimum atomic E-state index is -0.204. The van der Waals surface area contributed by atoms with E-state index in [1.807, 2.05) is 18.2 Å². The quantitative estimate of drug-likeness (QED) is 0.492. The normalized spacial score (nSPS) is 15.5. The molecule has 2 aromatic carbocycles. The van der Waals surface area contributed by atoms with Crippen molar-refractivity contribution < 1.29 is 19.0 Å². The first-order valence-electron chi connectivity index (χ1n) is 10.9. The molecule has 3 aromatic rings. The molecule has 174 valence electrons. The molecule has 0 radical (unpaired) electrons. The fourth-order valence-electron chi connectivity index (χ4n) is 3.99. The molecule has 0 saturated carbocycles. The summed E-state index contributed by atoms with van der Waals surface area (Å²) in [6.07, 6.45) is 2.63. The molecule has 1 amide bonds. The Morgan fingerprint density at radius 3 is 2.76 bits per heavy atom. The first kappa shape index (κ1) is 23.0. The van der Waals surface area contributed by atoms with Gasteiger partial charge in [0.25, 0.3) is 11.5 Å². The Hall–Kier alpha value is -3.17. The van der Waals surface area contributed by atoms with E-state index in [1.165, 1.54) is 4.57 Å². The molecule has 1 atom stereocenters. The van der Waals surface area contributed by atoms with Gasteiger partial charge < -0.3 is 24.5 Å². The Morgan fingerprint density at radius 1 is 1.21 bits per heavy atom. The smallest absolute Gasteiger partial charge is 0.262 e. The molecule has 33 heavy (non-hydrogen) atoms. The molecule has 8 nitrogen and oxygen atoms in total. The Bertz CT molecular complexity index is 1280. The van der Waals surface area contributed by atoms with Gasteiger partial charge in [-0.3, -0.25) is 14.2 Å². The van der Waals surface area contributed by atoms with Crippen LogP contribution in [0.25, 0.3) is 10.9 Å². The lowest BCUT2D eigenvalue weighted by Gasteiger charge is -2.12. The molecule has 1 aliphatic heterocycles. The van der Waals surface area contributed by atoms with Gasteiger partial charge in [0.15, 0.2) is 16.3 Å². The van der Waals surface area contributed by atoms with Gasteiger partial charge in [-0.15, -0.1) is 0 Å². The average Bonchev–Trinajstić information content (AvgIpc) is 3.35. The largest absolute Gasteiger partial charge is 0.493 e. The molecule has 0 aliphatic carbocycles. The summed E-state index contributed by atoms with van der Waals surface area (Å²) in [6.45, 7) is 1.62. The minimum Gasteiger partial charge on any atom is -0.493 e. The van der Waals surface area contributed by atoms with Crippen LogP contribution in [0.2, 0.25) is 0 Å². The fourth-order valence-corrected chi connectivity index (χ4v) is 4.27. The van der Waals surface area contributed by atoms with Crippen LogP contribution in [0.1, 0.15) is 28.8 Å². The summed E-state index contributed by atoms with van der Waals surface area (Å²) in [5, 5.41) is 3.37. The van der Waals surface area contributed by atoms with Gasteiger partial charge in [-0.1, -0.05) is 6.07 Å².